The van der Waals surface area contributed by atoms with Crippen LogP contribution in [0.3, 0.4) is 0 Å². The second kappa shape index (κ2) is 5.54. The van der Waals surface area contributed by atoms with E-state index in [2.05, 4.69) is 49.2 Å². The molecule has 2 nitrogen and oxygen atoms in total. The molecular formula is C15H24N2. The Kier molecular flexibility index (Phi) is 4.06. The number of nitrogens with one attached hydrogen (secondary N) is 1. The fourth-order valence-electron chi connectivity index (χ4n) is 2.65. The maximum atomic E-state index is 3.61. The molecular weight excluding hydrogens is 208 g/mol. The average Bonchev–Trinajstić information content (AvgIpc) is 2.33. The Balaban J connectivity index is 2.13. The highest BCUT2D eigenvalue weighted by atomic mass is 15.2. The standard InChI is InChI=1S/C15H24N2/c1-4-5-14-11-17(9-8-16-14)15-10-12(2)6-7-13(15)3/h6-7,10,14,16H,4-5,8-9,11H2,1-3H3. The molecule has 0 aromatic heterocycles. The SMILES string of the molecule is CCCC1CN(c2cc(C)ccc2C)CCN1. The summed E-state index contributed by atoms with van der Waals surface area (Å²) in [4.78, 5) is 2.54. The summed E-state index contributed by atoms with van der Waals surface area (Å²) in [6.45, 7) is 10.0. The molecule has 1 unspecified atom stereocenters. The van der Waals surface area contributed by atoms with Crippen LogP contribution >= 0.6 is 0 Å². The first-order valence-electron chi connectivity index (χ1n) is 6.76. The van der Waals surface area contributed by atoms with E-state index in [0.717, 1.165) is 19.6 Å². The van der Waals surface area contributed by atoms with Crippen LogP contribution in [0, 0.1) is 13.8 Å². The Bertz CT molecular complexity index is 371. The van der Waals surface area contributed by atoms with Gasteiger partial charge in [0.2, 0.25) is 0 Å². The van der Waals surface area contributed by atoms with Gasteiger partial charge in [0.15, 0.2) is 0 Å². The van der Waals surface area contributed by atoms with Gasteiger partial charge in [0, 0.05) is 31.4 Å². The molecule has 1 heterocycles. The Hall–Kier alpha value is -1.02. The lowest BCUT2D eigenvalue weighted by molar-refractivity contribution is 0.430. The number of aryl methyl sites for hydroxylation is 2. The largest absolute Gasteiger partial charge is 0.368 e. The minimum absolute atomic E-state index is 0.661. The Morgan fingerprint density at radius 3 is 2.94 bits per heavy atom. The monoisotopic (exact) mass is 232 g/mol. The van der Waals surface area contributed by atoms with Gasteiger partial charge >= 0.3 is 0 Å². The van der Waals surface area contributed by atoms with E-state index in [1.165, 1.54) is 29.7 Å². The first kappa shape index (κ1) is 12.4. The van der Waals surface area contributed by atoms with Crippen LogP contribution in [0.25, 0.3) is 0 Å². The molecule has 1 N–H and O–H groups in total. The fraction of sp³-hybridized carbons (Fsp3) is 0.600. The molecule has 0 aliphatic carbocycles. The van der Waals surface area contributed by atoms with E-state index in [4.69, 9.17) is 0 Å². The van der Waals surface area contributed by atoms with Gasteiger partial charge in [0.25, 0.3) is 0 Å². The quantitative estimate of drug-likeness (QED) is 0.862. The lowest BCUT2D eigenvalue weighted by Gasteiger charge is -2.36. The Morgan fingerprint density at radius 2 is 2.18 bits per heavy atom. The smallest absolute Gasteiger partial charge is 0.0399 e. The van der Waals surface area contributed by atoms with Crippen LogP contribution in [0.4, 0.5) is 5.69 Å². The molecule has 17 heavy (non-hydrogen) atoms. The van der Waals surface area contributed by atoms with E-state index >= 15 is 0 Å². The Morgan fingerprint density at radius 1 is 1.35 bits per heavy atom. The zero-order valence-electron chi connectivity index (χ0n) is 11.3. The molecule has 0 spiro atoms. The minimum atomic E-state index is 0.661. The number of piperazine rings is 1. The van der Waals surface area contributed by atoms with E-state index in [1.807, 2.05) is 0 Å². The molecule has 1 saturated heterocycles. The number of anilines is 1. The summed E-state index contributed by atoms with van der Waals surface area (Å²) in [5.74, 6) is 0. The number of benzene rings is 1. The summed E-state index contributed by atoms with van der Waals surface area (Å²) in [6, 6.07) is 7.42. The van der Waals surface area contributed by atoms with Gasteiger partial charge in [-0.25, -0.2) is 0 Å². The molecule has 94 valence electrons. The van der Waals surface area contributed by atoms with E-state index in [9.17, 15) is 0 Å². The highest BCUT2D eigenvalue weighted by Crippen LogP contribution is 2.23. The van der Waals surface area contributed by atoms with Gasteiger partial charge in [-0.1, -0.05) is 25.5 Å². The molecule has 0 radical (unpaired) electrons. The summed E-state index contributed by atoms with van der Waals surface area (Å²) in [5.41, 5.74) is 4.18. The van der Waals surface area contributed by atoms with Crippen molar-refractivity contribution in [1.29, 1.82) is 0 Å². The lowest BCUT2D eigenvalue weighted by atomic mass is 10.1. The van der Waals surface area contributed by atoms with Crippen LogP contribution in [0.1, 0.15) is 30.9 Å². The third-order valence-corrected chi connectivity index (χ3v) is 3.60. The average molecular weight is 232 g/mol. The second-order valence-electron chi connectivity index (χ2n) is 5.18. The molecule has 1 fully saturated rings. The van der Waals surface area contributed by atoms with Crippen molar-refractivity contribution in [2.75, 3.05) is 24.5 Å². The molecule has 0 saturated carbocycles. The van der Waals surface area contributed by atoms with Crippen LogP contribution in [0.15, 0.2) is 18.2 Å². The van der Waals surface area contributed by atoms with Crippen molar-refractivity contribution in [1.82, 2.24) is 5.32 Å². The summed E-state index contributed by atoms with van der Waals surface area (Å²) in [6.07, 6.45) is 2.54. The third-order valence-electron chi connectivity index (χ3n) is 3.60. The molecule has 0 amide bonds. The summed E-state index contributed by atoms with van der Waals surface area (Å²) >= 11 is 0. The van der Waals surface area contributed by atoms with Gasteiger partial charge in [-0.2, -0.15) is 0 Å². The molecule has 1 aromatic carbocycles. The molecule has 1 aromatic rings. The van der Waals surface area contributed by atoms with Crippen LogP contribution in [-0.2, 0) is 0 Å². The molecule has 2 rings (SSSR count). The maximum absolute atomic E-state index is 3.61. The van der Waals surface area contributed by atoms with Gasteiger partial charge in [0.05, 0.1) is 0 Å². The van der Waals surface area contributed by atoms with Crippen LogP contribution < -0.4 is 10.2 Å². The van der Waals surface area contributed by atoms with E-state index < -0.39 is 0 Å². The second-order valence-corrected chi connectivity index (χ2v) is 5.18. The van der Waals surface area contributed by atoms with Crippen LogP contribution in [0.5, 0.6) is 0 Å². The van der Waals surface area contributed by atoms with Gasteiger partial charge in [0.1, 0.15) is 0 Å². The van der Waals surface area contributed by atoms with Crippen molar-refractivity contribution in [3.8, 4) is 0 Å². The number of nitrogens with zero attached hydrogens (tertiary/aromatic N) is 1. The normalized spacial score (nSPS) is 20.6. The zero-order valence-corrected chi connectivity index (χ0v) is 11.3. The fourth-order valence-corrected chi connectivity index (χ4v) is 2.65. The molecule has 1 aliphatic rings. The van der Waals surface area contributed by atoms with Crippen molar-refractivity contribution < 1.29 is 0 Å². The summed E-state index contributed by atoms with van der Waals surface area (Å²) in [5, 5.41) is 3.61. The van der Waals surface area contributed by atoms with Gasteiger partial charge in [-0.05, 0) is 37.5 Å². The van der Waals surface area contributed by atoms with E-state index in [-0.39, 0.29) is 0 Å². The molecule has 1 atom stereocenters. The summed E-state index contributed by atoms with van der Waals surface area (Å²) < 4.78 is 0. The van der Waals surface area contributed by atoms with Gasteiger partial charge in [-0.3, -0.25) is 0 Å². The van der Waals surface area contributed by atoms with Crippen molar-refractivity contribution in [2.45, 2.75) is 39.7 Å². The first-order valence-corrected chi connectivity index (χ1v) is 6.76. The number of rotatable bonds is 3. The van der Waals surface area contributed by atoms with E-state index in [0.29, 0.717) is 6.04 Å². The zero-order chi connectivity index (χ0) is 12.3. The highest BCUT2D eigenvalue weighted by Gasteiger charge is 2.19. The van der Waals surface area contributed by atoms with Crippen molar-refractivity contribution in [2.24, 2.45) is 0 Å². The summed E-state index contributed by atoms with van der Waals surface area (Å²) in [7, 11) is 0. The van der Waals surface area contributed by atoms with Crippen LogP contribution in [0.2, 0.25) is 0 Å². The number of hydrogen-bond donors (Lipinski definition) is 1. The van der Waals surface area contributed by atoms with Crippen molar-refractivity contribution in [3.63, 3.8) is 0 Å². The molecule has 2 heteroatoms. The van der Waals surface area contributed by atoms with Gasteiger partial charge < -0.3 is 10.2 Å². The topological polar surface area (TPSA) is 15.3 Å². The van der Waals surface area contributed by atoms with E-state index in [1.54, 1.807) is 0 Å². The molecule has 0 bridgehead atoms. The lowest BCUT2D eigenvalue weighted by Crippen LogP contribution is -2.50. The van der Waals surface area contributed by atoms with Gasteiger partial charge in [-0.15, -0.1) is 0 Å². The van der Waals surface area contributed by atoms with Crippen molar-refractivity contribution in [3.05, 3.63) is 29.3 Å². The molecule has 1 aliphatic heterocycles. The van der Waals surface area contributed by atoms with Crippen LogP contribution in [-0.4, -0.2) is 25.7 Å². The highest BCUT2D eigenvalue weighted by molar-refractivity contribution is 5.55. The Labute approximate surface area is 105 Å². The number of hydrogen-bond acceptors (Lipinski definition) is 2. The predicted octanol–water partition coefficient (Wildman–Crippen LogP) is 2.88. The predicted molar refractivity (Wildman–Crippen MR) is 74.8 cm³/mol. The first-order chi connectivity index (χ1) is 8.20. The minimum Gasteiger partial charge on any atom is -0.368 e. The van der Waals surface area contributed by atoms with Crippen molar-refractivity contribution >= 4 is 5.69 Å². The third kappa shape index (κ3) is 3.01. The maximum Gasteiger partial charge on any atom is 0.0399 e.